The van der Waals surface area contributed by atoms with Gasteiger partial charge >= 0.3 is 18.2 Å². The van der Waals surface area contributed by atoms with Crippen LogP contribution in [0.15, 0.2) is 182 Å². The van der Waals surface area contributed by atoms with Crippen molar-refractivity contribution in [3.05, 3.63) is 221 Å². The second-order valence-electron chi connectivity index (χ2n) is 33.5. The van der Waals surface area contributed by atoms with E-state index >= 15 is 0 Å². The van der Waals surface area contributed by atoms with Gasteiger partial charge < -0.3 is 47.6 Å². The van der Waals surface area contributed by atoms with E-state index in [4.69, 9.17) is 54.6 Å². The van der Waals surface area contributed by atoms with E-state index in [1.165, 1.54) is 38.3 Å². The van der Waals surface area contributed by atoms with Crippen molar-refractivity contribution >= 4 is 86.3 Å². The SMILES string of the molecule is CC(C)(C)OC(=O)N1CCN(c2nc(Cl)nc3c2CCN(Cc2ccccc2)C3)C(CO[Si](c2ccccc2)(c2ccccc2)C(C)(C)C)C1.CN1CCC[C@H]1COc1nc2c(c(N3CCN(C(=O)OC(C)(C)C)CC3CO[Si](c3ccccc3)(c3ccccc3)C(C)(C)C)n1)CCN(Cc1ccccc1)C2.S. The number of piperazine rings is 2. The van der Waals surface area contributed by atoms with E-state index in [1.807, 2.05) is 57.4 Å². The van der Waals surface area contributed by atoms with Crippen LogP contribution in [0.2, 0.25) is 15.4 Å². The number of likely N-dealkylation sites (N-methyl/N-ethyl adjacent to an activating group) is 1. The maximum atomic E-state index is 13.7. The maximum Gasteiger partial charge on any atom is 0.410 e. The van der Waals surface area contributed by atoms with Crippen LogP contribution in [0.25, 0.3) is 0 Å². The molecule has 3 atom stereocenters. The highest BCUT2D eigenvalue weighted by atomic mass is 35.5. The number of rotatable bonds is 19. The summed E-state index contributed by atoms with van der Waals surface area (Å²) in [7, 11) is -3.60. The second kappa shape index (κ2) is 35.1. The molecule has 2 aromatic heterocycles. The molecule has 3 saturated heterocycles. The number of ether oxygens (including phenoxy) is 3. The number of nitrogens with zero attached hydrogens (tertiary/aromatic N) is 11. The molecule has 0 spiro atoms. The van der Waals surface area contributed by atoms with Gasteiger partial charge in [-0.1, -0.05) is 224 Å². The molecule has 3 fully saturated rings. The fourth-order valence-corrected chi connectivity index (χ4v) is 25.6. The van der Waals surface area contributed by atoms with Crippen molar-refractivity contribution in [2.75, 3.05) is 95.6 Å². The molecule has 2 amide bonds. The molecule has 0 radical (unpaired) electrons. The van der Waals surface area contributed by atoms with Crippen LogP contribution < -0.4 is 35.3 Å². The van der Waals surface area contributed by atoms with Crippen LogP contribution in [0.1, 0.15) is 130 Å². The number of carbonyl (C=O) groups is 2. The summed E-state index contributed by atoms with van der Waals surface area (Å²) in [5, 5.41) is 4.71. The zero-order chi connectivity index (χ0) is 75.7. The molecule has 22 heteroatoms. The van der Waals surface area contributed by atoms with Gasteiger partial charge in [0.15, 0.2) is 0 Å². The third-order valence-electron chi connectivity index (χ3n) is 21.4. The first-order valence-electron chi connectivity index (χ1n) is 38.4. The van der Waals surface area contributed by atoms with E-state index in [-0.39, 0.29) is 53.1 Å². The molecule has 13 rings (SSSR count). The monoisotopic (exact) mass is 1540 g/mol. The van der Waals surface area contributed by atoms with Crippen molar-refractivity contribution in [1.29, 1.82) is 0 Å². The standard InChI is InChI=1S/C46H62N6O4Si.C40H50ClN5O3Si.H2S/c1-45(2,3)56-44(53)51-28-29-52(37(31-51)34-55-57(46(4,5)6,38-21-13-9-14-22-38)39-23-15-10-16-24-39)42-40-25-27-50(30-35-18-11-8-12-19-35)32-41(40)47-43(48-42)54-33-36-20-17-26-49(36)7;1-39(2,3)49-38(47)45-24-25-46(36-34-22-23-44(26-30-16-10-7-11-17-30)28-35(34)42-37(41)43-36)31(27-45)29-48-50(40(4,5)6,32-18-12-8-13-19-32)33-20-14-9-15-21-33;/h8-16,18-19,21-24,36-37H,17,20,25-34H2,1-7H3;7-21,31H,22-29H2,1-6H3;1H2/t36-,37?;;/m0../s1. The first kappa shape index (κ1) is 81.3. The highest BCUT2D eigenvalue weighted by Gasteiger charge is 2.53. The minimum atomic E-state index is -2.90. The van der Waals surface area contributed by atoms with Gasteiger partial charge in [0, 0.05) is 95.7 Å². The lowest BCUT2D eigenvalue weighted by atomic mass is 10.0. The Balaban J connectivity index is 0.000000215. The quantitative estimate of drug-likeness (QED) is 0.0556. The van der Waals surface area contributed by atoms with E-state index in [1.54, 1.807) is 0 Å². The summed E-state index contributed by atoms with van der Waals surface area (Å²) < 4.78 is 33.4. The normalized spacial score (nSPS) is 18.4. The summed E-state index contributed by atoms with van der Waals surface area (Å²) in [6.07, 6.45) is 3.29. The average Bonchev–Trinajstić information content (AvgIpc) is 0.765. The van der Waals surface area contributed by atoms with E-state index in [2.05, 4.69) is 249 Å². The predicted molar refractivity (Wildman–Crippen MR) is 444 cm³/mol. The fraction of sp³-hybridized carbons (Fsp3) is 0.465. The van der Waals surface area contributed by atoms with Gasteiger partial charge in [-0.2, -0.15) is 23.5 Å². The lowest BCUT2D eigenvalue weighted by molar-refractivity contribution is 0.0188. The number of fused-ring (bicyclic) bond motifs is 2. The van der Waals surface area contributed by atoms with Crippen molar-refractivity contribution in [1.82, 2.24) is 44.4 Å². The molecule has 576 valence electrons. The number of hydrogen-bond acceptors (Lipinski definition) is 16. The molecule has 108 heavy (non-hydrogen) atoms. The molecule has 5 aliphatic rings. The molecule has 2 unspecified atom stereocenters. The Bertz CT molecular complexity index is 4160. The zero-order valence-corrected chi connectivity index (χ0v) is 69.6. The van der Waals surface area contributed by atoms with Gasteiger partial charge in [0.2, 0.25) is 5.28 Å². The van der Waals surface area contributed by atoms with Crippen molar-refractivity contribution in [2.24, 2.45) is 0 Å². The number of carbonyl (C=O) groups excluding carboxylic acids is 2. The molecule has 0 N–H and O–H groups in total. The molecule has 18 nitrogen and oxygen atoms in total. The molecule has 8 aromatic rings. The third kappa shape index (κ3) is 19.3. The topological polar surface area (TPSA) is 155 Å². The lowest BCUT2D eigenvalue weighted by Crippen LogP contribution is -2.68. The van der Waals surface area contributed by atoms with Crippen molar-refractivity contribution in [3.63, 3.8) is 0 Å². The minimum Gasteiger partial charge on any atom is -0.462 e. The van der Waals surface area contributed by atoms with Gasteiger partial charge in [0.05, 0.1) is 36.7 Å². The number of aromatic nitrogens is 4. The first-order chi connectivity index (χ1) is 51.1. The molecule has 7 heterocycles. The maximum absolute atomic E-state index is 13.7. The number of hydrogen-bond donors (Lipinski definition) is 0. The number of benzene rings is 6. The molecular weight excluding hydrogens is 1420 g/mol. The first-order valence-corrected chi connectivity index (χ1v) is 42.6. The van der Waals surface area contributed by atoms with E-state index in [0.717, 1.165) is 86.1 Å². The Labute approximate surface area is 656 Å². The van der Waals surface area contributed by atoms with Crippen molar-refractivity contribution < 1.29 is 32.7 Å². The zero-order valence-electron chi connectivity index (χ0n) is 65.8. The van der Waals surface area contributed by atoms with Gasteiger partial charge in [-0.3, -0.25) is 9.80 Å². The van der Waals surface area contributed by atoms with Crippen LogP contribution in [-0.4, -0.2) is 188 Å². The van der Waals surface area contributed by atoms with Crippen molar-refractivity contribution in [3.8, 4) is 6.01 Å². The lowest BCUT2D eigenvalue weighted by Gasteiger charge is -2.47. The van der Waals surface area contributed by atoms with Crippen molar-refractivity contribution in [2.45, 2.75) is 174 Å². The molecule has 5 aliphatic heterocycles. The highest BCUT2D eigenvalue weighted by molar-refractivity contribution is 7.59. The summed E-state index contributed by atoms with van der Waals surface area (Å²) in [6.45, 7) is 35.6. The fourth-order valence-electron chi connectivity index (χ4n) is 16.2. The van der Waals surface area contributed by atoms with E-state index in [0.29, 0.717) is 84.2 Å². The van der Waals surface area contributed by atoms with Crippen LogP contribution in [0.5, 0.6) is 6.01 Å². The Morgan fingerprint density at radius 3 is 1.19 bits per heavy atom. The summed E-state index contributed by atoms with van der Waals surface area (Å²) in [5.41, 5.74) is 5.61. The Hall–Kier alpha value is -7.71. The number of anilines is 2. The van der Waals surface area contributed by atoms with E-state index < -0.39 is 27.8 Å². The largest absolute Gasteiger partial charge is 0.462 e. The molecule has 6 aromatic carbocycles. The predicted octanol–water partition coefficient (Wildman–Crippen LogP) is 13.3. The minimum absolute atomic E-state index is 0. The molecule has 0 saturated carbocycles. The van der Waals surface area contributed by atoms with Crippen LogP contribution in [0.3, 0.4) is 0 Å². The van der Waals surface area contributed by atoms with Gasteiger partial charge in [0.1, 0.15) is 29.4 Å². The third-order valence-corrected chi connectivity index (χ3v) is 31.6. The summed E-state index contributed by atoms with van der Waals surface area (Å²) in [5.74, 6) is 1.74. The van der Waals surface area contributed by atoms with Gasteiger partial charge in [-0.05, 0) is 134 Å². The van der Waals surface area contributed by atoms with Crippen LogP contribution >= 0.6 is 25.1 Å². The Morgan fingerprint density at radius 1 is 0.454 bits per heavy atom. The Morgan fingerprint density at radius 2 is 0.824 bits per heavy atom. The number of likely N-dealkylation sites (tertiary alicyclic amines) is 1. The smallest absolute Gasteiger partial charge is 0.410 e. The van der Waals surface area contributed by atoms with E-state index in [9.17, 15) is 9.59 Å². The van der Waals surface area contributed by atoms with Crippen LogP contribution in [0.4, 0.5) is 21.2 Å². The molecule has 0 aliphatic carbocycles. The number of amides is 2. The molecule has 0 bridgehead atoms. The van der Waals surface area contributed by atoms with Gasteiger partial charge in [-0.15, -0.1) is 0 Å². The summed E-state index contributed by atoms with van der Waals surface area (Å²) >= 11 is 6.70. The summed E-state index contributed by atoms with van der Waals surface area (Å²) in [4.78, 5) is 62.8. The Kier molecular flexibility index (Phi) is 26.4. The number of halogens is 1. The van der Waals surface area contributed by atoms with Crippen LogP contribution in [0, 0.1) is 0 Å². The highest BCUT2D eigenvalue weighted by Crippen LogP contribution is 2.41. The van der Waals surface area contributed by atoms with Gasteiger partial charge in [-0.25, -0.2) is 19.6 Å². The van der Waals surface area contributed by atoms with Crippen LogP contribution in [-0.2, 0) is 57.3 Å². The molecular formula is C86H114ClN11O7SSi2. The second-order valence-corrected chi connectivity index (χ2v) is 42.4. The average molecular weight is 1540 g/mol. The summed E-state index contributed by atoms with van der Waals surface area (Å²) in [6, 6.07) is 64.4. The van der Waals surface area contributed by atoms with Gasteiger partial charge in [0.25, 0.3) is 16.6 Å².